The van der Waals surface area contributed by atoms with Gasteiger partial charge in [-0.15, -0.1) is 0 Å². The number of allylic oxidation sites excluding steroid dienone is 1. The molecule has 0 aliphatic carbocycles. The van der Waals surface area contributed by atoms with Crippen LogP contribution in [0.4, 0.5) is 0 Å². The number of aryl methyl sites for hydroxylation is 1. The summed E-state index contributed by atoms with van der Waals surface area (Å²) in [6.07, 6.45) is 4.12. The Morgan fingerprint density at radius 1 is 0.750 bits per heavy atom. The average Bonchev–Trinajstić information content (AvgIpc) is 2.33. The van der Waals surface area contributed by atoms with Gasteiger partial charge in [0.25, 0.3) is 0 Å². The monoisotopic (exact) mass is 210 g/mol. The second-order valence-corrected chi connectivity index (χ2v) is 3.57. The van der Waals surface area contributed by atoms with Gasteiger partial charge in [-0.2, -0.15) is 0 Å². The lowest BCUT2D eigenvalue weighted by Crippen LogP contribution is -1.65. The summed E-state index contributed by atoms with van der Waals surface area (Å²) in [7, 11) is 0. The largest absolute Gasteiger partial charge is 0.0871 e. The Hall–Kier alpha value is -1.82. The quantitative estimate of drug-likeness (QED) is 0.639. The molecule has 0 bridgehead atoms. The number of hydrogen-bond donors (Lipinski definition) is 0. The maximum atomic E-state index is 2.08. The van der Waals surface area contributed by atoms with Gasteiger partial charge in [0.15, 0.2) is 0 Å². The fourth-order valence-corrected chi connectivity index (χ4v) is 1.29. The van der Waals surface area contributed by atoms with Gasteiger partial charge in [0.2, 0.25) is 0 Å². The van der Waals surface area contributed by atoms with Crippen molar-refractivity contribution in [2.75, 3.05) is 0 Å². The fraction of sp³-hybridized carbons (Fsp3) is 0.125. The van der Waals surface area contributed by atoms with Crippen molar-refractivity contribution in [2.24, 2.45) is 0 Å². The Kier molecular flexibility index (Phi) is 5.72. The number of benzene rings is 2. The molecule has 2 aromatic rings. The van der Waals surface area contributed by atoms with Gasteiger partial charge in [-0.3, -0.25) is 0 Å². The highest BCUT2D eigenvalue weighted by Crippen LogP contribution is 1.99. The molecule has 0 spiro atoms. The van der Waals surface area contributed by atoms with Gasteiger partial charge in [0.1, 0.15) is 0 Å². The van der Waals surface area contributed by atoms with Crippen molar-refractivity contribution >= 4 is 6.08 Å². The van der Waals surface area contributed by atoms with E-state index in [2.05, 4.69) is 37.3 Å². The van der Waals surface area contributed by atoms with E-state index in [1.807, 2.05) is 49.4 Å². The maximum Gasteiger partial charge on any atom is -0.0260 e. The molecule has 0 nitrogen and oxygen atoms in total. The summed E-state index contributed by atoms with van der Waals surface area (Å²) < 4.78 is 0. The lowest BCUT2D eigenvalue weighted by atomic mass is 10.2. The normalized spacial score (nSPS) is 9.62. The van der Waals surface area contributed by atoms with E-state index in [1.54, 1.807) is 0 Å². The minimum absolute atomic E-state index is 1.26. The molecule has 0 heteroatoms. The predicted molar refractivity (Wildman–Crippen MR) is 72.3 cm³/mol. The van der Waals surface area contributed by atoms with Gasteiger partial charge in [0.05, 0.1) is 0 Å². The van der Waals surface area contributed by atoms with Crippen LogP contribution in [0, 0.1) is 6.92 Å². The summed E-state index contributed by atoms with van der Waals surface area (Å²) in [6.45, 7) is 4.10. The van der Waals surface area contributed by atoms with Crippen LogP contribution in [-0.4, -0.2) is 0 Å². The molecule has 82 valence electrons. The van der Waals surface area contributed by atoms with Gasteiger partial charge in [-0.05, 0) is 19.4 Å². The smallest absolute Gasteiger partial charge is 0.0260 e. The Labute approximate surface area is 98.3 Å². The number of rotatable bonds is 1. The lowest BCUT2D eigenvalue weighted by Gasteiger charge is -1.86. The van der Waals surface area contributed by atoms with Crippen molar-refractivity contribution in [1.82, 2.24) is 0 Å². The van der Waals surface area contributed by atoms with Crippen LogP contribution in [0.15, 0.2) is 66.7 Å². The highest BCUT2D eigenvalue weighted by molar-refractivity contribution is 5.47. The second-order valence-electron chi connectivity index (χ2n) is 3.57. The first-order valence-electron chi connectivity index (χ1n) is 5.52. The molecule has 0 N–H and O–H groups in total. The van der Waals surface area contributed by atoms with Crippen molar-refractivity contribution in [1.29, 1.82) is 0 Å². The van der Waals surface area contributed by atoms with Crippen molar-refractivity contribution < 1.29 is 0 Å². The fourth-order valence-electron chi connectivity index (χ4n) is 1.29. The van der Waals surface area contributed by atoms with Gasteiger partial charge < -0.3 is 0 Å². The number of hydrogen-bond acceptors (Lipinski definition) is 0. The molecule has 0 aliphatic rings. The molecule has 16 heavy (non-hydrogen) atoms. The lowest BCUT2D eigenvalue weighted by molar-refractivity contribution is 1.48. The molecule has 0 saturated carbocycles. The van der Waals surface area contributed by atoms with E-state index in [-0.39, 0.29) is 0 Å². The molecule has 2 aromatic carbocycles. The summed E-state index contributed by atoms with van der Waals surface area (Å²) in [5.41, 5.74) is 2.59. The predicted octanol–water partition coefficient (Wildman–Crippen LogP) is 4.71. The molecular formula is C16H18. The summed E-state index contributed by atoms with van der Waals surface area (Å²) in [4.78, 5) is 0. The standard InChI is InChI=1S/C9H10.C7H8/c1-2-6-9-7-4-3-5-8-9;1-7-5-3-2-4-6-7/h2-8H,1H3;2-6H,1H3. The van der Waals surface area contributed by atoms with E-state index >= 15 is 0 Å². The third kappa shape index (κ3) is 5.16. The maximum absolute atomic E-state index is 2.08. The summed E-state index contributed by atoms with van der Waals surface area (Å²) in [6, 6.07) is 20.5. The van der Waals surface area contributed by atoms with Crippen LogP contribution in [0.1, 0.15) is 18.1 Å². The van der Waals surface area contributed by atoms with E-state index in [9.17, 15) is 0 Å². The van der Waals surface area contributed by atoms with E-state index in [1.165, 1.54) is 11.1 Å². The van der Waals surface area contributed by atoms with Gasteiger partial charge in [0, 0.05) is 0 Å². The van der Waals surface area contributed by atoms with E-state index in [0.29, 0.717) is 0 Å². The Morgan fingerprint density at radius 2 is 1.25 bits per heavy atom. The molecule has 0 fully saturated rings. The van der Waals surface area contributed by atoms with Crippen LogP contribution < -0.4 is 0 Å². The molecule has 0 amide bonds. The molecule has 2 rings (SSSR count). The SMILES string of the molecule is CC=Cc1ccccc1.Cc1ccccc1. The molecule has 0 aromatic heterocycles. The van der Waals surface area contributed by atoms with E-state index in [0.717, 1.165) is 0 Å². The first kappa shape index (κ1) is 12.3. The molecule has 0 radical (unpaired) electrons. The van der Waals surface area contributed by atoms with Crippen LogP contribution in [-0.2, 0) is 0 Å². The second kappa shape index (κ2) is 7.47. The van der Waals surface area contributed by atoms with E-state index < -0.39 is 0 Å². The summed E-state index contributed by atoms with van der Waals surface area (Å²) in [5.74, 6) is 0. The zero-order valence-electron chi connectivity index (χ0n) is 9.93. The van der Waals surface area contributed by atoms with Crippen molar-refractivity contribution in [3.8, 4) is 0 Å². The zero-order valence-corrected chi connectivity index (χ0v) is 9.93. The molecule has 0 unspecified atom stereocenters. The van der Waals surface area contributed by atoms with Crippen LogP contribution in [0.5, 0.6) is 0 Å². The third-order valence-corrected chi connectivity index (χ3v) is 2.10. The van der Waals surface area contributed by atoms with Gasteiger partial charge >= 0.3 is 0 Å². The Bertz CT molecular complexity index is 399. The molecule has 0 heterocycles. The Morgan fingerprint density at radius 3 is 1.62 bits per heavy atom. The van der Waals surface area contributed by atoms with Gasteiger partial charge in [-0.1, -0.05) is 78.4 Å². The van der Waals surface area contributed by atoms with Crippen molar-refractivity contribution in [3.63, 3.8) is 0 Å². The first-order chi connectivity index (χ1) is 7.83. The Balaban J connectivity index is 0.000000165. The minimum Gasteiger partial charge on any atom is -0.0871 e. The van der Waals surface area contributed by atoms with Crippen LogP contribution in [0.2, 0.25) is 0 Å². The summed E-state index contributed by atoms with van der Waals surface area (Å²) >= 11 is 0. The third-order valence-electron chi connectivity index (χ3n) is 2.10. The summed E-state index contributed by atoms with van der Waals surface area (Å²) in [5, 5.41) is 0. The minimum atomic E-state index is 1.26. The first-order valence-corrected chi connectivity index (χ1v) is 5.52. The van der Waals surface area contributed by atoms with Gasteiger partial charge in [-0.25, -0.2) is 0 Å². The van der Waals surface area contributed by atoms with E-state index in [4.69, 9.17) is 0 Å². The van der Waals surface area contributed by atoms with Crippen LogP contribution in [0.25, 0.3) is 6.08 Å². The van der Waals surface area contributed by atoms with Crippen LogP contribution >= 0.6 is 0 Å². The average molecular weight is 210 g/mol. The molecule has 0 aliphatic heterocycles. The highest BCUT2D eigenvalue weighted by Gasteiger charge is 1.77. The zero-order chi connectivity index (χ0) is 11.6. The van der Waals surface area contributed by atoms with Crippen molar-refractivity contribution in [3.05, 3.63) is 77.9 Å². The highest BCUT2D eigenvalue weighted by atomic mass is 13.8. The topological polar surface area (TPSA) is 0 Å². The molecule has 0 atom stereocenters. The molecule has 0 saturated heterocycles. The van der Waals surface area contributed by atoms with Crippen LogP contribution in [0.3, 0.4) is 0 Å². The van der Waals surface area contributed by atoms with Crippen molar-refractivity contribution in [2.45, 2.75) is 13.8 Å². The molecular weight excluding hydrogens is 192 g/mol.